The zero-order valence-electron chi connectivity index (χ0n) is 32.0. The summed E-state index contributed by atoms with van der Waals surface area (Å²) in [4.78, 5) is 61.8. The molecule has 0 saturated carbocycles. The van der Waals surface area contributed by atoms with Crippen molar-refractivity contribution in [3.8, 4) is 0 Å². The number of esters is 1. The lowest BCUT2D eigenvalue weighted by Crippen LogP contribution is -2.64. The first-order valence-corrected chi connectivity index (χ1v) is 18.0. The van der Waals surface area contributed by atoms with Gasteiger partial charge in [0.2, 0.25) is 0 Å². The molecule has 0 aromatic heterocycles. The summed E-state index contributed by atoms with van der Waals surface area (Å²) < 4.78 is 30.5. The summed E-state index contributed by atoms with van der Waals surface area (Å²) in [5, 5.41) is 25.7. The minimum Gasteiger partial charge on any atom is -0.458 e. The molecule has 3 rings (SSSR count). The summed E-state index contributed by atoms with van der Waals surface area (Å²) in [5.41, 5.74) is 5.88. The molecular weight excluding hydrogens is 666 g/mol. The molecule has 51 heavy (non-hydrogen) atoms. The van der Waals surface area contributed by atoms with Crippen LogP contribution in [0.2, 0.25) is 0 Å². The highest BCUT2D eigenvalue weighted by molar-refractivity contribution is 6.00. The Bertz CT molecular complexity index is 1310. The van der Waals surface area contributed by atoms with Crippen LogP contribution < -0.4 is 0 Å². The zero-order valence-corrected chi connectivity index (χ0v) is 32.0. The van der Waals surface area contributed by atoms with E-state index in [2.05, 4.69) is 10.0 Å². The highest BCUT2D eigenvalue weighted by Crippen LogP contribution is 2.43. The van der Waals surface area contributed by atoms with Crippen molar-refractivity contribution in [1.29, 1.82) is 0 Å². The molecule has 16 heteroatoms. The molecule has 0 radical (unpaired) electrons. The van der Waals surface area contributed by atoms with Crippen LogP contribution in [0.15, 0.2) is 5.11 Å². The van der Waals surface area contributed by atoms with Gasteiger partial charge in [0.15, 0.2) is 17.7 Å². The van der Waals surface area contributed by atoms with Crippen molar-refractivity contribution in [2.24, 2.45) is 28.8 Å². The van der Waals surface area contributed by atoms with E-state index in [1.807, 2.05) is 0 Å². The van der Waals surface area contributed by atoms with Crippen LogP contribution in [0.25, 0.3) is 10.4 Å². The summed E-state index contributed by atoms with van der Waals surface area (Å²) >= 11 is 0. The molecule has 0 bridgehead atoms. The van der Waals surface area contributed by atoms with Crippen molar-refractivity contribution in [2.75, 3.05) is 34.3 Å². The number of carbonyl (C=O) groups is 4. The first-order chi connectivity index (χ1) is 23.8. The molecule has 0 aromatic carbocycles. The Morgan fingerprint density at radius 2 is 1.67 bits per heavy atom. The minimum atomic E-state index is -1.44. The van der Waals surface area contributed by atoms with Crippen LogP contribution in [0.3, 0.4) is 0 Å². The second-order valence-corrected chi connectivity index (χ2v) is 15.1. The van der Waals surface area contributed by atoms with Gasteiger partial charge >= 0.3 is 12.1 Å². The first-order valence-electron chi connectivity index (χ1n) is 18.0. The van der Waals surface area contributed by atoms with E-state index in [9.17, 15) is 29.4 Å². The first kappa shape index (κ1) is 42.6. The maximum atomic E-state index is 14.5. The van der Waals surface area contributed by atoms with E-state index in [4.69, 9.17) is 29.2 Å². The normalized spacial score (nSPS) is 41.4. The summed E-state index contributed by atoms with van der Waals surface area (Å²) in [7, 11) is 4.86. The van der Waals surface area contributed by atoms with Gasteiger partial charge in [-0.2, -0.15) is 0 Å². The number of ketones is 2. The Hall–Kier alpha value is -2.85. The van der Waals surface area contributed by atoms with Gasteiger partial charge in [0.25, 0.3) is 0 Å². The molecule has 3 saturated heterocycles. The second-order valence-electron chi connectivity index (χ2n) is 15.1. The quantitative estimate of drug-likeness (QED) is 0.0831. The van der Waals surface area contributed by atoms with Gasteiger partial charge in [0, 0.05) is 42.9 Å². The number of likely N-dealkylation sites (N-methyl/N-ethyl adjacent to an activating group) is 1. The summed E-state index contributed by atoms with van der Waals surface area (Å²) in [6.07, 6.45) is -5.93. The summed E-state index contributed by atoms with van der Waals surface area (Å²) in [5.74, 6) is -5.36. The third-order valence-electron chi connectivity index (χ3n) is 11.3. The van der Waals surface area contributed by atoms with Gasteiger partial charge in [-0.1, -0.05) is 32.8 Å². The number of Topliss-reactive ketones (excluding diaryl/α,β-unsaturated/α-hetero) is 2. The molecule has 2 N–H and O–H groups in total. The number of azide groups is 1. The van der Waals surface area contributed by atoms with Gasteiger partial charge in [0.1, 0.15) is 23.9 Å². The van der Waals surface area contributed by atoms with Gasteiger partial charge in [0.05, 0.1) is 36.0 Å². The van der Waals surface area contributed by atoms with Crippen LogP contribution in [-0.2, 0) is 38.1 Å². The van der Waals surface area contributed by atoms with Crippen molar-refractivity contribution < 1.29 is 53.1 Å². The highest BCUT2D eigenvalue weighted by Gasteiger charge is 2.60. The molecule has 3 aliphatic rings. The van der Waals surface area contributed by atoms with Crippen LogP contribution in [0.5, 0.6) is 0 Å². The molecule has 16 nitrogen and oxygen atoms in total. The SMILES string of the molecule is CCC1OC(=O)C(C)C(=O)C(C)[C@@H](OC2OC(C)C(O)C(N(C)C)C2O)[C@@](C)(OC)C[C@@H](C)C(=O)[C@H](C)C2N(CCCCN=[N+]=[N-])C(=O)OC12C. The van der Waals surface area contributed by atoms with Crippen LogP contribution >= 0.6 is 0 Å². The fraction of sp³-hybridized carbons (Fsp3) is 0.886. The largest absolute Gasteiger partial charge is 0.458 e. The maximum absolute atomic E-state index is 14.5. The molecule has 14 atom stereocenters. The molecule has 3 aliphatic heterocycles. The monoisotopic (exact) mass is 725 g/mol. The van der Waals surface area contributed by atoms with Crippen molar-refractivity contribution in [3.05, 3.63) is 10.4 Å². The molecule has 0 spiro atoms. The molecule has 3 heterocycles. The lowest BCUT2D eigenvalue weighted by atomic mass is 9.73. The molecule has 0 aliphatic carbocycles. The molecule has 3 fully saturated rings. The third kappa shape index (κ3) is 8.69. The van der Waals surface area contributed by atoms with Gasteiger partial charge in [-0.25, -0.2) is 4.79 Å². The van der Waals surface area contributed by atoms with E-state index < -0.39 is 102 Å². The Labute approximate surface area is 301 Å². The zero-order chi connectivity index (χ0) is 38.6. The smallest absolute Gasteiger partial charge is 0.410 e. The summed E-state index contributed by atoms with van der Waals surface area (Å²) in [6, 6.07) is -1.60. The number of aliphatic hydroxyl groups excluding tert-OH is 2. The van der Waals surface area contributed by atoms with Gasteiger partial charge < -0.3 is 43.7 Å². The van der Waals surface area contributed by atoms with Crippen molar-refractivity contribution in [2.45, 2.75) is 141 Å². The highest BCUT2D eigenvalue weighted by atomic mass is 16.7. The number of rotatable bonds is 10. The van der Waals surface area contributed by atoms with Gasteiger partial charge in [-0.05, 0) is 73.0 Å². The molecular formula is C35H59N5O11. The Balaban J connectivity index is 2.11. The molecule has 0 aromatic rings. The lowest BCUT2D eigenvalue weighted by Gasteiger charge is -2.48. The third-order valence-corrected chi connectivity index (χ3v) is 11.3. The molecule has 1 amide bonds. The van der Waals surface area contributed by atoms with E-state index in [-0.39, 0.29) is 31.7 Å². The number of amides is 1. The van der Waals surface area contributed by atoms with E-state index in [0.29, 0.717) is 12.8 Å². The Kier molecular flexibility index (Phi) is 14.5. The Morgan fingerprint density at radius 3 is 2.24 bits per heavy atom. The maximum Gasteiger partial charge on any atom is 0.410 e. The van der Waals surface area contributed by atoms with E-state index >= 15 is 0 Å². The van der Waals surface area contributed by atoms with Crippen molar-refractivity contribution in [1.82, 2.24) is 9.80 Å². The number of unbranched alkanes of at least 4 members (excludes halogenated alkanes) is 1. The number of ether oxygens (including phenoxy) is 5. The van der Waals surface area contributed by atoms with E-state index in [0.717, 1.165) is 0 Å². The van der Waals surface area contributed by atoms with Crippen LogP contribution in [-0.4, -0.2) is 138 Å². The van der Waals surface area contributed by atoms with Gasteiger partial charge in [-0.15, -0.1) is 0 Å². The number of nitrogens with zero attached hydrogens (tertiary/aromatic N) is 5. The lowest BCUT2D eigenvalue weighted by molar-refractivity contribution is -0.313. The summed E-state index contributed by atoms with van der Waals surface area (Å²) in [6.45, 7) is 13.7. The number of carbonyl (C=O) groups excluding carboxylic acids is 4. The average Bonchev–Trinajstić information content (AvgIpc) is 3.34. The number of hydrogen-bond acceptors (Lipinski definition) is 13. The van der Waals surface area contributed by atoms with Crippen molar-refractivity contribution in [3.63, 3.8) is 0 Å². The van der Waals surface area contributed by atoms with Crippen LogP contribution in [0.1, 0.15) is 81.1 Å². The molecule has 290 valence electrons. The Morgan fingerprint density at radius 1 is 1.02 bits per heavy atom. The topological polar surface area (TPSA) is 210 Å². The predicted molar refractivity (Wildman–Crippen MR) is 184 cm³/mol. The van der Waals surface area contributed by atoms with Crippen LogP contribution in [0.4, 0.5) is 4.79 Å². The second kappa shape index (κ2) is 17.3. The average molecular weight is 726 g/mol. The molecule has 10 unspecified atom stereocenters. The van der Waals surface area contributed by atoms with E-state index in [1.165, 1.54) is 18.9 Å². The number of fused-ring (bicyclic) bond motifs is 1. The fourth-order valence-electron chi connectivity index (χ4n) is 8.30. The number of cyclic esters (lactones) is 1. The fourth-order valence-corrected chi connectivity index (χ4v) is 8.30. The van der Waals surface area contributed by atoms with E-state index in [1.54, 1.807) is 67.5 Å². The standard InChI is InChI=1S/C35H59N5O11/c1-12-23-35(8)29(40(33(46)51-35)16-14-13-15-37-38-36)19(3)25(41)18(2)17-34(7,47-11)30(20(4)26(42)21(5)31(45)49-23)50-32-28(44)24(39(9)10)27(43)22(6)48-32/h18-24,27-30,32,43-44H,12-17H2,1-11H3/t18-,19+,20?,21?,22?,23?,24?,27?,28?,29?,30-,32?,34+,35?/m1/s1. The number of methoxy groups -OCH3 is 1. The van der Waals surface area contributed by atoms with Crippen molar-refractivity contribution >= 4 is 23.6 Å². The predicted octanol–water partition coefficient (Wildman–Crippen LogP) is 3.25. The van der Waals surface area contributed by atoms with Crippen LogP contribution in [0, 0.1) is 23.7 Å². The number of aliphatic hydroxyl groups is 2. The number of hydrogen-bond donors (Lipinski definition) is 2. The minimum absolute atomic E-state index is 0.0630. The van der Waals surface area contributed by atoms with Gasteiger partial charge in [-0.3, -0.25) is 14.4 Å².